The molecule has 13 heteroatoms. The summed E-state index contributed by atoms with van der Waals surface area (Å²) in [5.74, 6) is -1.27. The van der Waals surface area contributed by atoms with Gasteiger partial charge in [-0.15, -0.1) is 13.2 Å². The van der Waals surface area contributed by atoms with Gasteiger partial charge in [0.2, 0.25) is 0 Å². The summed E-state index contributed by atoms with van der Waals surface area (Å²) in [5.41, 5.74) is -0.0760. The van der Waals surface area contributed by atoms with Gasteiger partial charge in [0.25, 0.3) is 5.91 Å². The smallest absolute Gasteiger partial charge is 0.406 e. The van der Waals surface area contributed by atoms with Crippen LogP contribution in [0.25, 0.3) is 5.69 Å². The molecule has 5 rings (SSSR count). The van der Waals surface area contributed by atoms with Gasteiger partial charge in [0.1, 0.15) is 11.4 Å². The first-order valence-electron chi connectivity index (χ1n) is 13.0. The molecule has 0 aliphatic heterocycles. The first-order valence-corrected chi connectivity index (χ1v) is 13.0. The summed E-state index contributed by atoms with van der Waals surface area (Å²) >= 11 is 0. The summed E-state index contributed by atoms with van der Waals surface area (Å²) in [6, 6.07) is 20.0. The van der Waals surface area contributed by atoms with E-state index in [2.05, 4.69) is 15.2 Å². The number of alkyl halides is 6. The second-order valence-corrected chi connectivity index (χ2v) is 9.99. The number of carbonyl (C=O) groups is 1. The lowest BCUT2D eigenvalue weighted by Gasteiger charge is -2.29. The molecule has 1 atom stereocenters. The van der Waals surface area contributed by atoms with E-state index in [1.165, 1.54) is 42.5 Å². The Hall–Kier alpha value is -4.83. The number of hydrogen-bond acceptors (Lipinski definition) is 5. The van der Waals surface area contributed by atoms with Crippen LogP contribution in [0.15, 0.2) is 78.9 Å². The number of rotatable bonds is 8. The van der Waals surface area contributed by atoms with Crippen molar-refractivity contribution < 1.29 is 35.9 Å². The molecular weight excluding hydrogens is 576 g/mol. The predicted molar refractivity (Wildman–Crippen MR) is 143 cm³/mol. The molecule has 1 unspecified atom stereocenters. The van der Waals surface area contributed by atoms with Gasteiger partial charge in [0.15, 0.2) is 5.69 Å². The van der Waals surface area contributed by atoms with Crippen molar-refractivity contribution in [2.75, 3.05) is 12.4 Å². The largest absolute Gasteiger partial charge is 0.573 e. The molecule has 1 amide bonds. The summed E-state index contributed by atoms with van der Waals surface area (Å²) in [5, 5.41) is 15.4. The number of anilines is 1. The molecule has 1 aromatic heterocycles. The molecule has 1 N–H and O–H groups in total. The van der Waals surface area contributed by atoms with E-state index >= 15 is 0 Å². The summed E-state index contributed by atoms with van der Waals surface area (Å²) in [6.07, 6.45) is -7.89. The van der Waals surface area contributed by atoms with Crippen molar-refractivity contribution in [2.45, 2.75) is 37.5 Å². The molecule has 1 aliphatic carbocycles. The van der Waals surface area contributed by atoms with Gasteiger partial charge in [-0.25, -0.2) is 4.68 Å². The number of carbonyl (C=O) groups excluding carboxylic acids is 1. The SMILES string of the molecule is CN(C1CC1)C(c1cccc(NC(=O)c2cc(C(F)(F)F)nn2-c2cccc(C#N)c2)c1)c1cccc(OC(F)(F)F)c1. The monoisotopic (exact) mass is 599 g/mol. The van der Waals surface area contributed by atoms with E-state index in [1.807, 2.05) is 18.0 Å². The molecule has 3 aromatic carbocycles. The van der Waals surface area contributed by atoms with Crippen LogP contribution in [0, 0.1) is 11.3 Å². The van der Waals surface area contributed by atoms with Crippen LogP contribution in [0.4, 0.5) is 32.0 Å². The first-order chi connectivity index (χ1) is 20.3. The first kappa shape index (κ1) is 29.7. The van der Waals surface area contributed by atoms with Gasteiger partial charge in [-0.3, -0.25) is 9.69 Å². The summed E-state index contributed by atoms with van der Waals surface area (Å²) < 4.78 is 84.3. The molecule has 222 valence electrons. The number of nitrogens with zero attached hydrogens (tertiary/aromatic N) is 4. The van der Waals surface area contributed by atoms with E-state index < -0.39 is 35.9 Å². The molecular formula is C30H23F6N5O2. The molecule has 0 saturated heterocycles. The fourth-order valence-corrected chi connectivity index (χ4v) is 4.80. The molecule has 1 fully saturated rings. The normalized spacial score (nSPS) is 14.3. The van der Waals surface area contributed by atoms with E-state index in [-0.39, 0.29) is 28.7 Å². The average Bonchev–Trinajstić information content (AvgIpc) is 3.69. The van der Waals surface area contributed by atoms with Crippen molar-refractivity contribution in [1.82, 2.24) is 14.7 Å². The van der Waals surface area contributed by atoms with Crippen LogP contribution in [0.5, 0.6) is 5.75 Å². The van der Waals surface area contributed by atoms with Crippen LogP contribution >= 0.6 is 0 Å². The maximum Gasteiger partial charge on any atom is 0.573 e. The minimum atomic E-state index is -4.87. The molecule has 7 nitrogen and oxygen atoms in total. The molecule has 4 aromatic rings. The lowest BCUT2D eigenvalue weighted by Crippen LogP contribution is -2.28. The molecule has 1 aliphatic rings. The third kappa shape index (κ3) is 6.98. The van der Waals surface area contributed by atoms with Crippen LogP contribution in [0.3, 0.4) is 0 Å². The van der Waals surface area contributed by atoms with Crippen molar-refractivity contribution in [3.8, 4) is 17.5 Å². The number of nitrogens with one attached hydrogen (secondary N) is 1. The standard InChI is InChI=1S/C30H23F6N5O2/c1-40(22-11-12-22)27(20-7-4-10-24(15-20)43-30(34,35)36)19-6-3-8-21(14-19)38-28(42)25-16-26(29(31,32)33)39-41(25)23-9-2-5-18(13-23)17-37/h2-10,13-16,22,27H,11-12H2,1H3,(H,38,42). The van der Waals surface area contributed by atoms with Crippen molar-refractivity contribution in [3.63, 3.8) is 0 Å². The third-order valence-electron chi connectivity index (χ3n) is 6.85. The minimum absolute atomic E-state index is 0.0838. The quantitative estimate of drug-likeness (QED) is 0.219. The summed E-state index contributed by atoms with van der Waals surface area (Å²) in [6.45, 7) is 0. The highest BCUT2D eigenvalue weighted by molar-refractivity contribution is 6.03. The zero-order chi connectivity index (χ0) is 30.9. The third-order valence-corrected chi connectivity index (χ3v) is 6.85. The number of halogens is 6. The van der Waals surface area contributed by atoms with Gasteiger partial charge in [-0.2, -0.15) is 23.5 Å². The fourth-order valence-electron chi connectivity index (χ4n) is 4.80. The Labute approximate surface area is 241 Å². The topological polar surface area (TPSA) is 83.2 Å². The number of amides is 1. The van der Waals surface area contributed by atoms with Crippen molar-refractivity contribution >= 4 is 11.6 Å². The average molecular weight is 600 g/mol. The predicted octanol–water partition coefficient (Wildman–Crippen LogP) is 7.10. The highest BCUT2D eigenvalue weighted by Gasteiger charge is 2.37. The number of hydrogen-bond donors (Lipinski definition) is 1. The summed E-state index contributed by atoms with van der Waals surface area (Å²) in [7, 11) is 1.84. The highest BCUT2D eigenvalue weighted by atomic mass is 19.4. The zero-order valence-corrected chi connectivity index (χ0v) is 22.4. The van der Waals surface area contributed by atoms with Gasteiger partial charge < -0.3 is 10.1 Å². The second-order valence-electron chi connectivity index (χ2n) is 9.99. The van der Waals surface area contributed by atoms with Gasteiger partial charge in [0.05, 0.1) is 23.4 Å². The number of ether oxygens (including phenoxy) is 1. The number of nitriles is 1. The van der Waals surface area contributed by atoms with Crippen LogP contribution in [0.1, 0.15) is 51.8 Å². The van der Waals surface area contributed by atoms with E-state index in [0.29, 0.717) is 17.2 Å². The number of aromatic nitrogens is 2. The maximum absolute atomic E-state index is 13.6. The Morgan fingerprint density at radius 2 is 1.67 bits per heavy atom. The Bertz CT molecular complexity index is 1690. The van der Waals surface area contributed by atoms with Crippen LogP contribution in [-0.2, 0) is 6.18 Å². The maximum atomic E-state index is 13.6. The van der Waals surface area contributed by atoms with Gasteiger partial charge in [0, 0.05) is 17.8 Å². The van der Waals surface area contributed by atoms with E-state index in [9.17, 15) is 36.4 Å². The molecule has 0 bridgehead atoms. The Morgan fingerprint density at radius 1 is 1.00 bits per heavy atom. The minimum Gasteiger partial charge on any atom is -0.406 e. The van der Waals surface area contributed by atoms with Crippen molar-refractivity contribution in [2.24, 2.45) is 0 Å². The Morgan fingerprint density at radius 3 is 2.33 bits per heavy atom. The zero-order valence-electron chi connectivity index (χ0n) is 22.4. The van der Waals surface area contributed by atoms with E-state index in [1.54, 1.807) is 30.3 Å². The Balaban J connectivity index is 1.48. The van der Waals surface area contributed by atoms with Crippen molar-refractivity contribution in [3.05, 3.63) is 107 Å². The lowest BCUT2D eigenvalue weighted by molar-refractivity contribution is -0.274. The van der Waals surface area contributed by atoms with Gasteiger partial charge >= 0.3 is 12.5 Å². The van der Waals surface area contributed by atoms with Crippen LogP contribution in [-0.4, -0.2) is 40.0 Å². The van der Waals surface area contributed by atoms with Crippen LogP contribution < -0.4 is 10.1 Å². The van der Waals surface area contributed by atoms with E-state index in [4.69, 9.17) is 0 Å². The molecule has 1 heterocycles. The molecule has 43 heavy (non-hydrogen) atoms. The van der Waals surface area contributed by atoms with Gasteiger partial charge in [-0.05, 0) is 73.5 Å². The highest BCUT2D eigenvalue weighted by Crippen LogP contribution is 2.39. The van der Waals surface area contributed by atoms with Crippen molar-refractivity contribution in [1.29, 1.82) is 5.26 Å². The lowest BCUT2D eigenvalue weighted by atomic mass is 9.96. The Kier molecular flexibility index (Phi) is 7.90. The van der Waals surface area contributed by atoms with Crippen LogP contribution in [0.2, 0.25) is 0 Å². The van der Waals surface area contributed by atoms with E-state index in [0.717, 1.165) is 17.5 Å². The van der Waals surface area contributed by atoms with Gasteiger partial charge in [-0.1, -0.05) is 30.3 Å². The second kappa shape index (κ2) is 11.4. The fraction of sp³-hybridized carbons (Fsp3) is 0.233. The molecule has 0 radical (unpaired) electrons. The number of benzene rings is 3. The summed E-state index contributed by atoms with van der Waals surface area (Å²) in [4.78, 5) is 15.4. The molecule has 1 saturated carbocycles. The molecule has 0 spiro atoms.